The summed E-state index contributed by atoms with van der Waals surface area (Å²) >= 11 is 0. The van der Waals surface area contributed by atoms with E-state index in [4.69, 9.17) is 5.73 Å². The summed E-state index contributed by atoms with van der Waals surface area (Å²) in [6.07, 6.45) is 15.7. The molecule has 1 saturated heterocycles. The average Bonchev–Trinajstić information content (AvgIpc) is 2.88. The minimum absolute atomic E-state index is 0.217. The van der Waals surface area contributed by atoms with Crippen molar-refractivity contribution >= 4 is 5.91 Å². The van der Waals surface area contributed by atoms with Crippen LogP contribution >= 0.6 is 0 Å². The molecule has 0 atom stereocenters. The monoisotopic (exact) mass is 489 g/mol. The summed E-state index contributed by atoms with van der Waals surface area (Å²) in [4.78, 5) is 15.8. The number of unbranched alkanes of at least 4 members (excludes halogenated alkanes) is 6. The maximum Gasteiger partial charge on any atom is 0.232 e. The van der Waals surface area contributed by atoms with Gasteiger partial charge < -0.3 is 16.0 Å². The van der Waals surface area contributed by atoms with E-state index in [-0.39, 0.29) is 11.8 Å². The minimum atomic E-state index is -0.762. The second-order valence-corrected chi connectivity index (χ2v) is 11.1. The number of hydrogen-bond acceptors (Lipinski definition) is 3. The third kappa shape index (κ3) is 6.77. The zero-order chi connectivity index (χ0) is 25.1. The second kappa shape index (κ2) is 13.9. The molecule has 1 amide bonds. The van der Waals surface area contributed by atoms with Gasteiger partial charge in [-0.1, -0.05) is 99.2 Å². The summed E-state index contributed by atoms with van der Waals surface area (Å²) in [5, 5.41) is 3.67. The SMILES string of the molecule is NC(=O)C(c1ccccc1)(c1ccccc1)C1CCN(CCCCCCCCCNC2CCC2)CC1. The Bertz CT molecular complexity index is 849. The van der Waals surface area contributed by atoms with Crippen molar-refractivity contribution < 1.29 is 4.79 Å². The lowest BCUT2D eigenvalue weighted by Gasteiger charge is -2.43. The Hall–Kier alpha value is -2.17. The highest BCUT2D eigenvalue weighted by Gasteiger charge is 2.47. The van der Waals surface area contributed by atoms with Crippen LogP contribution in [0.25, 0.3) is 0 Å². The van der Waals surface area contributed by atoms with Gasteiger partial charge in [0, 0.05) is 6.04 Å². The van der Waals surface area contributed by atoms with Gasteiger partial charge in [0.1, 0.15) is 5.41 Å². The van der Waals surface area contributed by atoms with Crippen LogP contribution in [0.4, 0.5) is 0 Å². The van der Waals surface area contributed by atoms with Gasteiger partial charge in [-0.05, 0) is 81.7 Å². The first-order chi connectivity index (χ1) is 17.7. The number of primary amides is 1. The van der Waals surface area contributed by atoms with E-state index in [0.29, 0.717) is 0 Å². The molecule has 4 nitrogen and oxygen atoms in total. The molecule has 1 aliphatic carbocycles. The maximum absolute atomic E-state index is 13.2. The van der Waals surface area contributed by atoms with Gasteiger partial charge in [-0.2, -0.15) is 0 Å². The zero-order valence-corrected chi connectivity index (χ0v) is 22.2. The van der Waals surface area contributed by atoms with E-state index >= 15 is 0 Å². The van der Waals surface area contributed by atoms with Gasteiger partial charge in [-0.25, -0.2) is 0 Å². The second-order valence-electron chi connectivity index (χ2n) is 11.1. The Labute approximate surface area is 219 Å². The van der Waals surface area contributed by atoms with Crippen LogP contribution in [0.15, 0.2) is 60.7 Å². The van der Waals surface area contributed by atoms with E-state index < -0.39 is 5.41 Å². The summed E-state index contributed by atoms with van der Waals surface area (Å²) in [6.45, 7) is 4.49. The number of likely N-dealkylation sites (tertiary alicyclic amines) is 1. The van der Waals surface area contributed by atoms with E-state index in [1.54, 1.807) is 0 Å². The Morgan fingerprint density at radius 2 is 1.31 bits per heavy atom. The summed E-state index contributed by atoms with van der Waals surface area (Å²) < 4.78 is 0. The van der Waals surface area contributed by atoms with Crippen LogP contribution < -0.4 is 11.1 Å². The lowest BCUT2D eigenvalue weighted by atomic mass is 9.62. The van der Waals surface area contributed by atoms with Crippen LogP contribution in [0.2, 0.25) is 0 Å². The number of carbonyl (C=O) groups is 1. The van der Waals surface area contributed by atoms with E-state index in [2.05, 4.69) is 34.5 Å². The molecule has 4 rings (SSSR count). The molecule has 1 saturated carbocycles. The number of nitrogens with one attached hydrogen (secondary N) is 1. The summed E-state index contributed by atoms with van der Waals surface area (Å²) in [5.41, 5.74) is 7.53. The molecule has 2 aliphatic rings. The van der Waals surface area contributed by atoms with Gasteiger partial charge >= 0.3 is 0 Å². The maximum atomic E-state index is 13.2. The Kier molecular flexibility index (Phi) is 10.4. The van der Waals surface area contributed by atoms with Gasteiger partial charge in [0.15, 0.2) is 0 Å². The van der Waals surface area contributed by atoms with Crippen LogP contribution in [0, 0.1) is 5.92 Å². The highest BCUT2D eigenvalue weighted by atomic mass is 16.1. The highest BCUT2D eigenvalue weighted by molar-refractivity contribution is 5.91. The first-order valence-electron chi connectivity index (χ1n) is 14.6. The number of hydrogen-bond donors (Lipinski definition) is 2. The third-order valence-electron chi connectivity index (χ3n) is 8.74. The zero-order valence-electron chi connectivity index (χ0n) is 22.2. The van der Waals surface area contributed by atoms with Crippen molar-refractivity contribution in [3.63, 3.8) is 0 Å². The van der Waals surface area contributed by atoms with Crippen molar-refractivity contribution in [2.24, 2.45) is 11.7 Å². The fourth-order valence-electron chi connectivity index (χ4n) is 6.38. The first-order valence-corrected chi connectivity index (χ1v) is 14.6. The largest absolute Gasteiger partial charge is 0.369 e. The smallest absolute Gasteiger partial charge is 0.232 e. The molecule has 3 N–H and O–H groups in total. The minimum Gasteiger partial charge on any atom is -0.369 e. The number of rotatable bonds is 15. The van der Waals surface area contributed by atoms with Gasteiger partial charge in [-0.3, -0.25) is 4.79 Å². The molecule has 4 heteroatoms. The van der Waals surface area contributed by atoms with Crippen molar-refractivity contribution in [1.82, 2.24) is 10.2 Å². The molecule has 196 valence electrons. The fraction of sp³-hybridized carbons (Fsp3) is 0.594. The van der Waals surface area contributed by atoms with E-state index in [9.17, 15) is 4.79 Å². The summed E-state index contributed by atoms with van der Waals surface area (Å²) in [7, 11) is 0. The quantitative estimate of drug-likeness (QED) is 0.300. The number of amides is 1. The van der Waals surface area contributed by atoms with Crippen LogP contribution in [-0.2, 0) is 10.2 Å². The van der Waals surface area contributed by atoms with Crippen LogP contribution in [-0.4, -0.2) is 43.0 Å². The molecule has 0 aromatic heterocycles. The molecular formula is C32H47N3O. The summed E-state index contributed by atoms with van der Waals surface area (Å²) in [5.74, 6) is -0.00741. The van der Waals surface area contributed by atoms with Gasteiger partial charge in [0.05, 0.1) is 0 Å². The standard InChI is InChI=1S/C32H47N3O/c33-31(36)32(27-15-8-6-9-16-27,28-17-10-7-11-18-28)29-21-25-35(26-22-29)24-13-5-3-1-2-4-12-23-34-30-19-14-20-30/h6-11,15-18,29-30,34H,1-5,12-14,19-26H2,(H2,33,36). The molecule has 0 bridgehead atoms. The predicted octanol–water partition coefficient (Wildman–Crippen LogP) is 6.04. The molecule has 1 aliphatic heterocycles. The third-order valence-corrected chi connectivity index (χ3v) is 8.74. The first kappa shape index (κ1) is 26.9. The molecule has 2 aromatic carbocycles. The Balaban J connectivity index is 1.20. The van der Waals surface area contributed by atoms with Crippen molar-refractivity contribution in [2.75, 3.05) is 26.2 Å². The van der Waals surface area contributed by atoms with Crippen molar-refractivity contribution in [2.45, 2.75) is 88.5 Å². The molecule has 1 heterocycles. The van der Waals surface area contributed by atoms with Crippen molar-refractivity contribution in [3.05, 3.63) is 71.8 Å². The van der Waals surface area contributed by atoms with Crippen LogP contribution in [0.1, 0.15) is 88.2 Å². The van der Waals surface area contributed by atoms with E-state index in [0.717, 1.165) is 43.1 Å². The molecule has 0 unspecified atom stereocenters. The van der Waals surface area contributed by atoms with Gasteiger partial charge in [0.2, 0.25) is 5.91 Å². The van der Waals surface area contributed by atoms with Crippen LogP contribution in [0.5, 0.6) is 0 Å². The number of carbonyl (C=O) groups excluding carboxylic acids is 1. The summed E-state index contributed by atoms with van der Waals surface area (Å²) in [6, 6.07) is 21.3. The van der Waals surface area contributed by atoms with E-state index in [1.807, 2.05) is 36.4 Å². The lowest BCUT2D eigenvalue weighted by molar-refractivity contribution is -0.124. The number of piperidine rings is 1. The van der Waals surface area contributed by atoms with Crippen LogP contribution in [0.3, 0.4) is 0 Å². The topological polar surface area (TPSA) is 58.4 Å². The molecule has 2 fully saturated rings. The molecular weight excluding hydrogens is 442 g/mol. The predicted molar refractivity (Wildman–Crippen MR) is 150 cm³/mol. The number of nitrogens with two attached hydrogens (primary N) is 1. The molecule has 2 aromatic rings. The number of nitrogens with zero attached hydrogens (tertiary/aromatic N) is 1. The number of benzene rings is 2. The van der Waals surface area contributed by atoms with Gasteiger partial charge in [0.25, 0.3) is 0 Å². The lowest BCUT2D eigenvalue weighted by Crippen LogP contribution is -2.51. The Morgan fingerprint density at radius 1 is 0.778 bits per heavy atom. The normalized spacial score (nSPS) is 17.7. The molecule has 0 radical (unpaired) electrons. The van der Waals surface area contributed by atoms with Crippen molar-refractivity contribution in [1.29, 1.82) is 0 Å². The van der Waals surface area contributed by atoms with Crippen molar-refractivity contribution in [3.8, 4) is 0 Å². The van der Waals surface area contributed by atoms with E-state index in [1.165, 1.54) is 77.3 Å². The molecule has 36 heavy (non-hydrogen) atoms. The Morgan fingerprint density at radius 3 is 1.81 bits per heavy atom. The fourth-order valence-corrected chi connectivity index (χ4v) is 6.38. The highest BCUT2D eigenvalue weighted by Crippen LogP contribution is 2.44. The van der Waals surface area contributed by atoms with Gasteiger partial charge in [-0.15, -0.1) is 0 Å². The molecule has 0 spiro atoms. The average molecular weight is 490 g/mol.